The van der Waals surface area contributed by atoms with Crippen molar-refractivity contribution in [1.82, 2.24) is 5.32 Å². The van der Waals surface area contributed by atoms with Gasteiger partial charge in [-0.25, -0.2) is 4.79 Å². The van der Waals surface area contributed by atoms with Crippen LogP contribution in [0.5, 0.6) is 0 Å². The van der Waals surface area contributed by atoms with Crippen molar-refractivity contribution in [2.45, 2.75) is 13.5 Å². The van der Waals surface area contributed by atoms with Crippen molar-refractivity contribution in [2.75, 3.05) is 11.5 Å². The summed E-state index contributed by atoms with van der Waals surface area (Å²) in [5.74, 6) is -0.121. The van der Waals surface area contributed by atoms with E-state index >= 15 is 0 Å². The Morgan fingerprint density at radius 2 is 2.33 bits per heavy atom. The fraction of sp³-hybridized carbons (Fsp3) is 0.364. The minimum atomic E-state index is -1.06. The number of hydrogen-bond acceptors (Lipinski definition) is 5. The van der Waals surface area contributed by atoms with Gasteiger partial charge < -0.3 is 14.8 Å². The highest BCUT2D eigenvalue weighted by Crippen LogP contribution is 2.14. The van der Waals surface area contributed by atoms with Gasteiger partial charge >= 0.3 is 5.97 Å². The SMILES string of the molecule is Cc1oc(CNC(=O)CSCC#N)cc1C(=O)O. The molecule has 0 saturated heterocycles. The zero-order chi connectivity index (χ0) is 13.5. The van der Waals surface area contributed by atoms with E-state index in [4.69, 9.17) is 14.8 Å². The summed E-state index contributed by atoms with van der Waals surface area (Å²) in [6.07, 6.45) is 0. The molecule has 0 radical (unpaired) electrons. The number of carboxylic acids is 1. The summed E-state index contributed by atoms with van der Waals surface area (Å²) in [7, 11) is 0. The van der Waals surface area contributed by atoms with Crippen LogP contribution in [0.4, 0.5) is 0 Å². The first-order valence-electron chi connectivity index (χ1n) is 5.08. The van der Waals surface area contributed by atoms with Gasteiger partial charge in [0.05, 0.1) is 24.1 Å². The van der Waals surface area contributed by atoms with E-state index in [1.54, 1.807) is 6.92 Å². The van der Waals surface area contributed by atoms with Crippen LogP contribution >= 0.6 is 11.8 Å². The molecule has 1 aromatic heterocycles. The number of carbonyl (C=O) groups is 2. The van der Waals surface area contributed by atoms with Gasteiger partial charge in [-0.15, -0.1) is 11.8 Å². The molecule has 0 saturated carbocycles. The standard InChI is InChI=1S/C11H12N2O4S/c1-7-9(11(15)16)4-8(17-7)5-13-10(14)6-18-3-2-12/h4H,3,5-6H2,1H3,(H,13,14)(H,15,16). The molecule has 96 valence electrons. The summed E-state index contributed by atoms with van der Waals surface area (Å²) < 4.78 is 5.20. The monoisotopic (exact) mass is 268 g/mol. The maximum absolute atomic E-state index is 11.3. The van der Waals surface area contributed by atoms with Crippen LogP contribution in [-0.2, 0) is 11.3 Å². The third kappa shape index (κ3) is 4.14. The minimum absolute atomic E-state index is 0.0955. The van der Waals surface area contributed by atoms with Crippen LogP contribution < -0.4 is 5.32 Å². The zero-order valence-corrected chi connectivity index (χ0v) is 10.5. The van der Waals surface area contributed by atoms with E-state index in [0.717, 1.165) is 0 Å². The Labute approximate surface area is 108 Å². The Hall–Kier alpha value is -1.94. The van der Waals surface area contributed by atoms with Crippen molar-refractivity contribution >= 4 is 23.6 Å². The maximum atomic E-state index is 11.3. The molecular weight excluding hydrogens is 256 g/mol. The lowest BCUT2D eigenvalue weighted by atomic mass is 10.2. The van der Waals surface area contributed by atoms with Crippen molar-refractivity contribution in [3.63, 3.8) is 0 Å². The summed E-state index contributed by atoms with van der Waals surface area (Å²) in [6.45, 7) is 1.69. The fourth-order valence-electron chi connectivity index (χ4n) is 1.27. The number of rotatable bonds is 6. The van der Waals surface area contributed by atoms with Crippen LogP contribution in [0.3, 0.4) is 0 Å². The van der Waals surface area contributed by atoms with E-state index < -0.39 is 5.97 Å². The average molecular weight is 268 g/mol. The van der Waals surface area contributed by atoms with Crippen molar-refractivity contribution in [3.05, 3.63) is 23.2 Å². The number of aryl methyl sites for hydroxylation is 1. The van der Waals surface area contributed by atoms with Crippen LogP contribution in [0, 0.1) is 18.3 Å². The highest BCUT2D eigenvalue weighted by molar-refractivity contribution is 8.00. The lowest BCUT2D eigenvalue weighted by Crippen LogP contribution is -2.24. The second-order valence-corrected chi connectivity index (χ2v) is 4.40. The van der Waals surface area contributed by atoms with Gasteiger partial charge in [-0.1, -0.05) is 0 Å². The van der Waals surface area contributed by atoms with E-state index in [0.29, 0.717) is 11.5 Å². The molecule has 1 heterocycles. The van der Waals surface area contributed by atoms with Gasteiger partial charge in [-0.05, 0) is 13.0 Å². The first-order valence-corrected chi connectivity index (χ1v) is 6.24. The second-order valence-electron chi connectivity index (χ2n) is 3.42. The Balaban J connectivity index is 2.44. The van der Waals surface area contributed by atoms with E-state index in [9.17, 15) is 9.59 Å². The molecular formula is C11H12N2O4S. The third-order valence-electron chi connectivity index (χ3n) is 2.06. The van der Waals surface area contributed by atoms with E-state index in [1.165, 1.54) is 17.8 Å². The van der Waals surface area contributed by atoms with E-state index in [1.807, 2.05) is 6.07 Å². The summed E-state index contributed by atoms with van der Waals surface area (Å²) in [5, 5.41) is 19.7. The van der Waals surface area contributed by atoms with Crippen LogP contribution in [0.25, 0.3) is 0 Å². The van der Waals surface area contributed by atoms with Crippen molar-refractivity contribution in [3.8, 4) is 6.07 Å². The topological polar surface area (TPSA) is 103 Å². The largest absolute Gasteiger partial charge is 0.478 e. The summed E-state index contributed by atoms with van der Waals surface area (Å²) >= 11 is 1.21. The van der Waals surface area contributed by atoms with Crippen molar-refractivity contribution < 1.29 is 19.1 Å². The highest BCUT2D eigenvalue weighted by atomic mass is 32.2. The number of nitrogens with one attached hydrogen (secondary N) is 1. The molecule has 18 heavy (non-hydrogen) atoms. The van der Waals surface area contributed by atoms with Crippen LogP contribution in [0.2, 0.25) is 0 Å². The predicted octanol–water partition coefficient (Wildman–Crippen LogP) is 1.16. The van der Waals surface area contributed by atoms with Gasteiger partial charge in [0.15, 0.2) is 0 Å². The van der Waals surface area contributed by atoms with E-state index in [2.05, 4.69) is 5.32 Å². The molecule has 0 aliphatic heterocycles. The van der Waals surface area contributed by atoms with Gasteiger partial charge in [0.1, 0.15) is 17.1 Å². The number of carbonyl (C=O) groups excluding carboxylic acids is 1. The molecule has 0 fully saturated rings. The van der Waals surface area contributed by atoms with Gasteiger partial charge in [-0.3, -0.25) is 4.79 Å². The number of nitriles is 1. The highest BCUT2D eigenvalue weighted by Gasteiger charge is 2.13. The summed E-state index contributed by atoms with van der Waals surface area (Å²) in [6, 6.07) is 3.31. The molecule has 0 atom stereocenters. The molecule has 0 unspecified atom stereocenters. The molecule has 1 rings (SSSR count). The Morgan fingerprint density at radius 3 is 2.89 bits per heavy atom. The molecule has 7 heteroatoms. The molecule has 0 bridgehead atoms. The van der Waals surface area contributed by atoms with Crippen LogP contribution in [0.1, 0.15) is 21.9 Å². The molecule has 1 aromatic rings. The number of amides is 1. The number of carboxylic acid groups (broad SMARTS) is 1. The molecule has 0 aliphatic rings. The maximum Gasteiger partial charge on any atom is 0.339 e. The number of nitrogens with zero attached hydrogens (tertiary/aromatic N) is 1. The lowest BCUT2D eigenvalue weighted by molar-refractivity contribution is -0.118. The Bertz CT molecular complexity index is 490. The Kier molecular flexibility index (Phi) is 5.27. The average Bonchev–Trinajstić information content (AvgIpc) is 2.68. The van der Waals surface area contributed by atoms with Gasteiger partial charge in [0.2, 0.25) is 5.91 Å². The number of furan rings is 1. The predicted molar refractivity (Wildman–Crippen MR) is 65.2 cm³/mol. The second kappa shape index (κ2) is 6.71. The zero-order valence-electron chi connectivity index (χ0n) is 9.73. The Morgan fingerprint density at radius 1 is 1.61 bits per heavy atom. The molecule has 1 amide bonds. The first-order chi connectivity index (χ1) is 8.54. The molecule has 6 nitrogen and oxygen atoms in total. The van der Waals surface area contributed by atoms with Crippen molar-refractivity contribution in [1.29, 1.82) is 5.26 Å². The third-order valence-corrected chi connectivity index (χ3v) is 2.86. The first kappa shape index (κ1) is 14.1. The number of aromatic carboxylic acids is 1. The smallest absolute Gasteiger partial charge is 0.339 e. The molecule has 0 spiro atoms. The van der Waals surface area contributed by atoms with Gasteiger partial charge in [-0.2, -0.15) is 5.26 Å². The lowest BCUT2D eigenvalue weighted by Gasteiger charge is -2.01. The number of hydrogen-bond donors (Lipinski definition) is 2. The summed E-state index contributed by atoms with van der Waals surface area (Å²) in [5.41, 5.74) is 0.0955. The quantitative estimate of drug-likeness (QED) is 0.750. The van der Waals surface area contributed by atoms with Crippen LogP contribution in [-0.4, -0.2) is 28.5 Å². The normalized spacial score (nSPS) is 9.78. The number of thioether (sulfide) groups is 1. The van der Waals surface area contributed by atoms with E-state index in [-0.39, 0.29) is 29.5 Å². The van der Waals surface area contributed by atoms with Crippen molar-refractivity contribution in [2.24, 2.45) is 0 Å². The molecule has 0 aromatic carbocycles. The van der Waals surface area contributed by atoms with Gasteiger partial charge in [0, 0.05) is 0 Å². The molecule has 2 N–H and O–H groups in total. The van der Waals surface area contributed by atoms with Gasteiger partial charge in [0.25, 0.3) is 0 Å². The minimum Gasteiger partial charge on any atom is -0.478 e. The fourth-order valence-corrected chi connectivity index (χ4v) is 1.75. The summed E-state index contributed by atoms with van der Waals surface area (Å²) in [4.78, 5) is 22.1. The van der Waals surface area contributed by atoms with Crippen LogP contribution in [0.15, 0.2) is 10.5 Å². The molecule has 0 aliphatic carbocycles.